The highest BCUT2D eigenvalue weighted by molar-refractivity contribution is 4.15. The number of hydroxylamine groups is 2. The molecule has 5 heteroatoms. The highest BCUT2D eigenvalue weighted by atomic mass is 16.8. The monoisotopic (exact) mass is 138 g/mol. The van der Waals surface area contributed by atoms with Gasteiger partial charge < -0.3 is 10.4 Å². The highest BCUT2D eigenvalue weighted by Crippen LogP contribution is 1.38. The lowest BCUT2D eigenvalue weighted by molar-refractivity contribution is -1.24. The second kappa shape index (κ2) is 5.93. The van der Waals surface area contributed by atoms with E-state index in [-0.39, 0.29) is 13.2 Å². The molecule has 0 unspecified atom stereocenters. The van der Waals surface area contributed by atoms with E-state index < -0.39 is 5.23 Å². The van der Waals surface area contributed by atoms with E-state index in [4.69, 9.17) is 15.5 Å². The van der Waals surface area contributed by atoms with Gasteiger partial charge in [-0.2, -0.15) is 10.4 Å². The average molecular weight is 138 g/mol. The van der Waals surface area contributed by atoms with E-state index >= 15 is 0 Å². The number of quaternary nitrogens is 2. The molecule has 6 N–H and O–H groups in total. The lowest BCUT2D eigenvalue weighted by Crippen LogP contribution is -3.10. The summed E-state index contributed by atoms with van der Waals surface area (Å²) in [6.07, 6.45) is 0. The fraction of sp³-hybridized carbons (Fsp3) is 1.00. The predicted molar refractivity (Wildman–Crippen MR) is 28.1 cm³/mol. The molecule has 9 heavy (non-hydrogen) atoms. The third-order valence-electron chi connectivity index (χ3n) is 0.905. The fourth-order valence-electron chi connectivity index (χ4n) is 0.467. The summed E-state index contributed by atoms with van der Waals surface area (Å²) in [5, 5.41) is 26.0. The second-order valence-electron chi connectivity index (χ2n) is 1.76. The number of rotatable bonds is 5. The van der Waals surface area contributed by atoms with E-state index in [1.165, 1.54) is 0 Å². The molecule has 0 aliphatic heterocycles. The average Bonchev–Trinajstić information content (AvgIpc) is 1.80. The van der Waals surface area contributed by atoms with Gasteiger partial charge in [-0.05, 0) is 0 Å². The van der Waals surface area contributed by atoms with Gasteiger partial charge in [0.15, 0.2) is 6.54 Å². The van der Waals surface area contributed by atoms with Crippen LogP contribution in [0.25, 0.3) is 0 Å². The van der Waals surface area contributed by atoms with Crippen LogP contribution in [-0.2, 0) is 0 Å². The van der Waals surface area contributed by atoms with Crippen molar-refractivity contribution in [1.29, 1.82) is 0 Å². The summed E-state index contributed by atoms with van der Waals surface area (Å²) in [6.45, 7) is 1.64. The molecule has 0 saturated carbocycles. The van der Waals surface area contributed by atoms with Crippen LogP contribution in [0, 0.1) is 0 Å². The van der Waals surface area contributed by atoms with Crippen molar-refractivity contribution in [1.82, 2.24) is 0 Å². The Labute approximate surface area is 53.4 Å². The maximum Gasteiger partial charge on any atom is 0.188 e. The van der Waals surface area contributed by atoms with Crippen molar-refractivity contribution in [2.24, 2.45) is 0 Å². The maximum atomic E-state index is 8.27. The number of nitrogens with one attached hydrogen (secondary N) is 1. The Kier molecular flexibility index (Phi) is 5.80. The minimum atomic E-state index is -0.538. The summed E-state index contributed by atoms with van der Waals surface area (Å²) in [5.41, 5.74) is 0. The minimum Gasteiger partial charge on any atom is -0.391 e. The molecule has 0 spiro atoms. The molecule has 0 bridgehead atoms. The zero-order valence-corrected chi connectivity index (χ0v) is 5.25. The fourth-order valence-corrected chi connectivity index (χ4v) is 0.467. The Morgan fingerprint density at radius 3 is 2.33 bits per heavy atom. The summed E-state index contributed by atoms with van der Waals surface area (Å²) in [4.78, 5) is 0. The first kappa shape index (κ1) is 8.80. The van der Waals surface area contributed by atoms with Gasteiger partial charge in [-0.3, -0.25) is 0 Å². The van der Waals surface area contributed by atoms with Gasteiger partial charge in [-0.25, -0.2) is 0 Å². The molecule has 0 heterocycles. The molecule has 0 aliphatic carbocycles. The first-order chi connectivity index (χ1) is 4.27. The van der Waals surface area contributed by atoms with Gasteiger partial charge >= 0.3 is 0 Å². The largest absolute Gasteiger partial charge is 0.391 e. The Bertz CT molecular complexity index is 59.8. The number of nitrogens with two attached hydrogens (primary N) is 1. The van der Waals surface area contributed by atoms with E-state index in [1.807, 2.05) is 5.32 Å². The maximum absolute atomic E-state index is 8.27. The van der Waals surface area contributed by atoms with Crippen LogP contribution in [0.3, 0.4) is 0 Å². The SMILES string of the molecule is OCC[NH2+]CC[NH+](O)O. The summed E-state index contributed by atoms with van der Waals surface area (Å²) in [5.74, 6) is 0. The van der Waals surface area contributed by atoms with Crippen molar-refractivity contribution in [3.63, 3.8) is 0 Å². The zero-order valence-electron chi connectivity index (χ0n) is 5.25. The van der Waals surface area contributed by atoms with E-state index in [2.05, 4.69) is 0 Å². The van der Waals surface area contributed by atoms with Crippen LogP contribution in [0.1, 0.15) is 0 Å². The molecule has 0 saturated heterocycles. The van der Waals surface area contributed by atoms with Crippen LogP contribution in [0.4, 0.5) is 0 Å². The molecule has 0 aliphatic rings. The number of aliphatic hydroxyl groups excluding tert-OH is 1. The smallest absolute Gasteiger partial charge is 0.188 e. The van der Waals surface area contributed by atoms with Crippen molar-refractivity contribution in [3.05, 3.63) is 0 Å². The van der Waals surface area contributed by atoms with Gasteiger partial charge in [0.1, 0.15) is 6.54 Å². The van der Waals surface area contributed by atoms with Gasteiger partial charge in [0.2, 0.25) is 0 Å². The molecule has 0 rings (SSSR count). The molecule has 0 aromatic carbocycles. The third kappa shape index (κ3) is 7.80. The second-order valence-corrected chi connectivity index (χ2v) is 1.76. The third-order valence-corrected chi connectivity index (χ3v) is 0.905. The molecular weight excluding hydrogens is 124 g/mol. The van der Waals surface area contributed by atoms with Gasteiger partial charge in [0.25, 0.3) is 0 Å². The van der Waals surface area contributed by atoms with Gasteiger partial charge in [-0.1, -0.05) is 5.23 Å². The first-order valence-corrected chi connectivity index (χ1v) is 2.93. The number of hydrogen-bond acceptors (Lipinski definition) is 3. The molecule has 0 atom stereocenters. The minimum absolute atomic E-state index is 0.131. The van der Waals surface area contributed by atoms with Gasteiger partial charge in [0.05, 0.1) is 13.2 Å². The molecule has 0 radical (unpaired) electrons. The van der Waals surface area contributed by atoms with E-state index in [0.29, 0.717) is 13.1 Å². The summed E-state index contributed by atoms with van der Waals surface area (Å²) in [7, 11) is 0. The predicted octanol–water partition coefficient (Wildman–Crippen LogP) is -3.79. The van der Waals surface area contributed by atoms with E-state index in [0.717, 1.165) is 0 Å². The normalized spacial score (nSPS) is 10.7. The van der Waals surface area contributed by atoms with Crippen molar-refractivity contribution in [3.8, 4) is 0 Å². The Hall–Kier alpha value is -0.200. The van der Waals surface area contributed by atoms with Crippen molar-refractivity contribution >= 4 is 0 Å². The topological polar surface area (TPSA) is 81.7 Å². The highest BCUT2D eigenvalue weighted by Gasteiger charge is 1.97. The lowest BCUT2D eigenvalue weighted by atomic mass is 10.6. The summed E-state index contributed by atoms with van der Waals surface area (Å²) < 4.78 is 0. The van der Waals surface area contributed by atoms with Crippen LogP contribution in [0.15, 0.2) is 0 Å². The van der Waals surface area contributed by atoms with Crippen molar-refractivity contribution in [2.75, 3.05) is 26.2 Å². The van der Waals surface area contributed by atoms with Crippen molar-refractivity contribution < 1.29 is 26.1 Å². The van der Waals surface area contributed by atoms with E-state index in [9.17, 15) is 0 Å². The van der Waals surface area contributed by atoms with Crippen LogP contribution >= 0.6 is 0 Å². The summed E-state index contributed by atoms with van der Waals surface area (Å²) in [6, 6.07) is 0. The van der Waals surface area contributed by atoms with Crippen LogP contribution in [0.2, 0.25) is 0 Å². The molecule has 0 aromatic heterocycles. The molecule has 0 fully saturated rings. The van der Waals surface area contributed by atoms with Crippen LogP contribution in [-0.4, -0.2) is 41.8 Å². The van der Waals surface area contributed by atoms with E-state index in [1.54, 1.807) is 0 Å². The quantitative estimate of drug-likeness (QED) is 0.200. The number of aliphatic hydroxyl groups is 1. The Balaban J connectivity index is 2.75. The first-order valence-electron chi connectivity index (χ1n) is 2.93. The van der Waals surface area contributed by atoms with Gasteiger partial charge in [0, 0.05) is 0 Å². The molecule has 56 valence electrons. The van der Waals surface area contributed by atoms with Crippen molar-refractivity contribution in [2.45, 2.75) is 0 Å². The lowest BCUT2D eigenvalue weighted by Gasteiger charge is -1.99. The summed E-state index contributed by atoms with van der Waals surface area (Å²) >= 11 is 0. The Morgan fingerprint density at radius 2 is 1.89 bits per heavy atom. The standard InChI is InChI=1S/C4H12N2O3/c7-4-2-5-1-3-6(8)9/h5,7-9H,1-4H2/p+2. The van der Waals surface area contributed by atoms with Crippen LogP contribution < -0.4 is 10.5 Å². The Morgan fingerprint density at radius 1 is 1.22 bits per heavy atom. The molecular formula is C4H14N2O3+2. The van der Waals surface area contributed by atoms with Crippen LogP contribution in [0.5, 0.6) is 0 Å². The molecule has 5 nitrogen and oxygen atoms in total. The molecule has 0 aromatic rings. The zero-order chi connectivity index (χ0) is 7.11. The van der Waals surface area contributed by atoms with Gasteiger partial charge in [-0.15, -0.1) is 0 Å². The molecule has 0 amide bonds. The number of hydrogen-bond donors (Lipinski definition) is 5.